The summed E-state index contributed by atoms with van der Waals surface area (Å²) < 4.78 is 0. The van der Waals surface area contributed by atoms with Gasteiger partial charge in [-0.3, -0.25) is 4.79 Å². The zero-order valence-corrected chi connectivity index (χ0v) is 10.4. The van der Waals surface area contributed by atoms with Crippen molar-refractivity contribution in [2.75, 3.05) is 0 Å². The second-order valence-corrected chi connectivity index (χ2v) is 4.96. The fourth-order valence-electron chi connectivity index (χ4n) is 2.62. The van der Waals surface area contributed by atoms with E-state index >= 15 is 0 Å². The second-order valence-electron chi connectivity index (χ2n) is 4.96. The molecule has 0 aromatic rings. The van der Waals surface area contributed by atoms with Crippen LogP contribution in [0.2, 0.25) is 0 Å². The lowest BCUT2D eigenvalue weighted by Gasteiger charge is -2.21. The lowest BCUT2D eigenvalue weighted by molar-refractivity contribution is -0.140. The molecule has 0 saturated heterocycles. The summed E-state index contributed by atoms with van der Waals surface area (Å²) in [6, 6.07) is -0.709. The predicted octanol–water partition coefficient (Wildman–Crippen LogP) is 2.33. The minimum Gasteiger partial charge on any atom is -0.480 e. The number of hydrogen-bond donors (Lipinski definition) is 2. The van der Waals surface area contributed by atoms with Crippen LogP contribution in [0, 0.1) is 5.92 Å². The molecule has 1 atom stereocenters. The third kappa shape index (κ3) is 5.71. The number of hydrogen-bond acceptors (Lipinski definition) is 2. The molecule has 1 amide bonds. The van der Waals surface area contributed by atoms with Crippen molar-refractivity contribution in [1.82, 2.24) is 5.32 Å². The molecule has 1 saturated carbocycles. The molecular formula is C13H23NO3. The maximum Gasteiger partial charge on any atom is 0.326 e. The molecule has 0 aromatic carbocycles. The summed E-state index contributed by atoms with van der Waals surface area (Å²) in [7, 11) is 0. The van der Waals surface area contributed by atoms with E-state index in [1.54, 1.807) is 0 Å². The highest BCUT2D eigenvalue weighted by Gasteiger charge is 2.16. The average molecular weight is 241 g/mol. The van der Waals surface area contributed by atoms with Gasteiger partial charge in [0.15, 0.2) is 0 Å². The van der Waals surface area contributed by atoms with E-state index in [1.165, 1.54) is 38.5 Å². The van der Waals surface area contributed by atoms with Gasteiger partial charge >= 0.3 is 5.97 Å². The second kappa shape index (κ2) is 8.09. The van der Waals surface area contributed by atoms with Crippen molar-refractivity contribution in [2.24, 2.45) is 5.92 Å². The molecule has 1 fully saturated rings. The molecule has 1 unspecified atom stereocenters. The van der Waals surface area contributed by atoms with Gasteiger partial charge in [-0.15, -0.1) is 0 Å². The Morgan fingerprint density at radius 1 is 1.29 bits per heavy atom. The number of amides is 1. The van der Waals surface area contributed by atoms with Gasteiger partial charge < -0.3 is 10.4 Å². The molecule has 0 spiro atoms. The smallest absolute Gasteiger partial charge is 0.326 e. The van der Waals surface area contributed by atoms with Gasteiger partial charge in [-0.2, -0.15) is 0 Å². The molecule has 1 aliphatic rings. The number of unbranched alkanes of at least 4 members (excludes halogenated alkanes) is 1. The van der Waals surface area contributed by atoms with Gasteiger partial charge in [0.1, 0.15) is 6.04 Å². The van der Waals surface area contributed by atoms with Crippen molar-refractivity contribution in [3.05, 3.63) is 0 Å². The van der Waals surface area contributed by atoms with E-state index in [-0.39, 0.29) is 0 Å². The van der Waals surface area contributed by atoms with E-state index in [9.17, 15) is 9.59 Å². The quantitative estimate of drug-likeness (QED) is 0.506. The van der Waals surface area contributed by atoms with Gasteiger partial charge in [0.2, 0.25) is 6.41 Å². The zero-order chi connectivity index (χ0) is 12.5. The van der Waals surface area contributed by atoms with Gasteiger partial charge in [-0.05, 0) is 12.3 Å². The molecule has 1 aliphatic carbocycles. The number of carboxylic acids is 1. The van der Waals surface area contributed by atoms with Crippen LogP contribution in [0.3, 0.4) is 0 Å². The Morgan fingerprint density at radius 2 is 2.00 bits per heavy atom. The summed E-state index contributed by atoms with van der Waals surface area (Å²) in [6.07, 6.45) is 11.0. The third-order valence-electron chi connectivity index (χ3n) is 3.65. The van der Waals surface area contributed by atoms with Crippen LogP contribution in [0.4, 0.5) is 0 Å². The molecule has 0 aliphatic heterocycles. The first-order chi connectivity index (χ1) is 8.24. The zero-order valence-electron chi connectivity index (χ0n) is 10.4. The number of carboxylic acid groups (broad SMARTS) is 1. The molecule has 1 rings (SSSR count). The Labute approximate surface area is 103 Å². The number of carbonyl (C=O) groups excluding carboxylic acids is 1. The van der Waals surface area contributed by atoms with Crippen LogP contribution in [0.25, 0.3) is 0 Å². The first kappa shape index (κ1) is 14.0. The van der Waals surface area contributed by atoms with E-state index in [0.29, 0.717) is 12.8 Å². The minimum absolute atomic E-state index is 0.472. The highest BCUT2D eigenvalue weighted by molar-refractivity contribution is 5.76. The molecule has 0 aromatic heterocycles. The molecule has 98 valence electrons. The highest BCUT2D eigenvalue weighted by atomic mass is 16.4. The maximum atomic E-state index is 10.8. The molecule has 4 heteroatoms. The molecular weight excluding hydrogens is 218 g/mol. The van der Waals surface area contributed by atoms with Gasteiger partial charge in [0.25, 0.3) is 0 Å². The Bertz CT molecular complexity index is 237. The van der Waals surface area contributed by atoms with Gasteiger partial charge in [-0.25, -0.2) is 4.79 Å². The van der Waals surface area contributed by atoms with Crippen molar-refractivity contribution in [3.63, 3.8) is 0 Å². The third-order valence-corrected chi connectivity index (χ3v) is 3.65. The van der Waals surface area contributed by atoms with E-state index in [4.69, 9.17) is 5.11 Å². The van der Waals surface area contributed by atoms with E-state index < -0.39 is 12.0 Å². The topological polar surface area (TPSA) is 66.4 Å². The Morgan fingerprint density at radius 3 is 2.59 bits per heavy atom. The van der Waals surface area contributed by atoms with E-state index in [1.807, 2.05) is 0 Å². The number of carbonyl (C=O) groups is 2. The van der Waals surface area contributed by atoms with Crippen molar-refractivity contribution in [1.29, 1.82) is 0 Å². The lowest BCUT2D eigenvalue weighted by atomic mass is 9.85. The molecule has 2 N–H and O–H groups in total. The van der Waals surface area contributed by atoms with Crippen LogP contribution in [0.1, 0.15) is 57.8 Å². The predicted molar refractivity (Wildman–Crippen MR) is 65.7 cm³/mol. The fraction of sp³-hybridized carbons (Fsp3) is 0.846. The number of nitrogens with one attached hydrogen (secondary N) is 1. The fourth-order valence-corrected chi connectivity index (χ4v) is 2.62. The molecule has 0 radical (unpaired) electrons. The van der Waals surface area contributed by atoms with E-state index in [0.717, 1.165) is 18.8 Å². The molecule has 17 heavy (non-hydrogen) atoms. The van der Waals surface area contributed by atoms with E-state index in [2.05, 4.69) is 5.32 Å². The summed E-state index contributed by atoms with van der Waals surface area (Å²) in [4.78, 5) is 21.0. The normalized spacial score (nSPS) is 18.6. The maximum absolute atomic E-state index is 10.8. The average Bonchev–Trinajstić information content (AvgIpc) is 2.34. The SMILES string of the molecule is O=CNC(CCCCC1CCCCC1)C(=O)O. The summed E-state index contributed by atoms with van der Waals surface area (Å²) in [6.45, 7) is 0. The van der Waals surface area contributed by atoms with Crippen molar-refractivity contribution < 1.29 is 14.7 Å². The monoisotopic (exact) mass is 241 g/mol. The van der Waals surface area contributed by atoms with Crippen molar-refractivity contribution in [3.8, 4) is 0 Å². The summed E-state index contributed by atoms with van der Waals surface area (Å²) in [5.74, 6) is -0.0826. The van der Waals surface area contributed by atoms with Gasteiger partial charge in [0, 0.05) is 0 Å². The van der Waals surface area contributed by atoms with Crippen LogP contribution >= 0.6 is 0 Å². The summed E-state index contributed by atoms with van der Waals surface area (Å²) >= 11 is 0. The summed E-state index contributed by atoms with van der Waals surface area (Å²) in [5.41, 5.74) is 0. The van der Waals surface area contributed by atoms with Crippen LogP contribution in [-0.4, -0.2) is 23.5 Å². The Kier molecular flexibility index (Phi) is 6.67. The minimum atomic E-state index is -0.935. The van der Waals surface area contributed by atoms with Crippen LogP contribution in [-0.2, 0) is 9.59 Å². The number of rotatable bonds is 8. The van der Waals surface area contributed by atoms with Crippen molar-refractivity contribution >= 4 is 12.4 Å². The van der Waals surface area contributed by atoms with Crippen LogP contribution in [0.5, 0.6) is 0 Å². The molecule has 0 heterocycles. The largest absolute Gasteiger partial charge is 0.480 e. The first-order valence-electron chi connectivity index (χ1n) is 6.66. The van der Waals surface area contributed by atoms with Crippen LogP contribution in [0.15, 0.2) is 0 Å². The lowest BCUT2D eigenvalue weighted by Crippen LogP contribution is -2.35. The summed E-state index contributed by atoms with van der Waals surface area (Å²) in [5, 5.41) is 11.2. The first-order valence-corrected chi connectivity index (χ1v) is 6.66. The van der Waals surface area contributed by atoms with Crippen molar-refractivity contribution in [2.45, 2.75) is 63.8 Å². The highest BCUT2D eigenvalue weighted by Crippen LogP contribution is 2.27. The van der Waals surface area contributed by atoms with Gasteiger partial charge in [-0.1, -0.05) is 51.4 Å². The Balaban J connectivity index is 2.08. The molecule has 4 nitrogen and oxygen atoms in total. The Hall–Kier alpha value is -1.06. The van der Waals surface area contributed by atoms with Crippen LogP contribution < -0.4 is 5.32 Å². The number of aliphatic carboxylic acids is 1. The van der Waals surface area contributed by atoms with Gasteiger partial charge in [0.05, 0.1) is 0 Å². The standard InChI is InChI=1S/C13H23NO3/c15-10-14-12(13(16)17)9-5-4-8-11-6-2-1-3-7-11/h10-12H,1-9H2,(H,14,15)(H,16,17). The molecule has 0 bridgehead atoms.